The van der Waals surface area contributed by atoms with Crippen molar-refractivity contribution in [3.05, 3.63) is 0 Å². The molecule has 112 valence electrons. The fraction of sp³-hybridized carbons (Fsp3) is 0.769. The Morgan fingerprint density at radius 2 is 1.90 bits per heavy atom. The lowest BCUT2D eigenvalue weighted by molar-refractivity contribution is -0.143. The van der Waals surface area contributed by atoms with E-state index in [9.17, 15) is 14.4 Å². The Kier molecular flexibility index (Phi) is 4.15. The largest absolute Gasteiger partial charge is 0.481 e. The molecule has 3 atom stereocenters. The summed E-state index contributed by atoms with van der Waals surface area (Å²) in [6.45, 7) is 3.18. The van der Waals surface area contributed by atoms with E-state index >= 15 is 0 Å². The summed E-state index contributed by atoms with van der Waals surface area (Å²) in [5.74, 6) is -1.65. The van der Waals surface area contributed by atoms with Crippen molar-refractivity contribution in [3.63, 3.8) is 0 Å². The maximum absolute atomic E-state index is 12.5. The molecule has 2 fully saturated rings. The molecule has 2 heterocycles. The molecule has 7 heteroatoms. The predicted octanol–water partition coefficient (Wildman–Crippen LogP) is 0.0987. The van der Waals surface area contributed by atoms with Crippen LogP contribution in [0.15, 0.2) is 0 Å². The number of carboxylic acids is 1. The quantitative estimate of drug-likeness (QED) is 0.750. The number of urea groups is 1. The van der Waals surface area contributed by atoms with Crippen LogP contribution < -0.4 is 5.73 Å². The highest BCUT2D eigenvalue weighted by molar-refractivity contribution is 5.82. The van der Waals surface area contributed by atoms with Crippen molar-refractivity contribution in [1.29, 1.82) is 0 Å². The van der Waals surface area contributed by atoms with Crippen molar-refractivity contribution in [2.24, 2.45) is 17.6 Å². The molecule has 2 rings (SSSR count). The molecule has 7 nitrogen and oxygen atoms in total. The van der Waals surface area contributed by atoms with Crippen LogP contribution in [0.1, 0.15) is 26.2 Å². The molecule has 0 saturated carbocycles. The molecule has 2 aliphatic heterocycles. The molecule has 0 aromatic carbocycles. The molecule has 3 N–H and O–H groups in total. The van der Waals surface area contributed by atoms with E-state index in [1.165, 1.54) is 4.90 Å². The van der Waals surface area contributed by atoms with Crippen molar-refractivity contribution >= 4 is 17.9 Å². The monoisotopic (exact) mass is 283 g/mol. The molecule has 0 aromatic heterocycles. The van der Waals surface area contributed by atoms with Crippen molar-refractivity contribution < 1.29 is 19.5 Å². The van der Waals surface area contributed by atoms with Gasteiger partial charge in [-0.2, -0.15) is 0 Å². The van der Waals surface area contributed by atoms with E-state index in [1.54, 1.807) is 11.8 Å². The highest BCUT2D eigenvalue weighted by Gasteiger charge is 2.41. The topological polar surface area (TPSA) is 104 Å². The third-order valence-corrected chi connectivity index (χ3v) is 4.44. The number of likely N-dealkylation sites (tertiary alicyclic amines) is 2. The second-order valence-corrected chi connectivity index (χ2v) is 5.63. The van der Waals surface area contributed by atoms with Crippen LogP contribution in [0.25, 0.3) is 0 Å². The number of nitrogens with zero attached hydrogens (tertiary/aromatic N) is 2. The van der Waals surface area contributed by atoms with Crippen LogP contribution in [0.3, 0.4) is 0 Å². The zero-order valence-electron chi connectivity index (χ0n) is 11.6. The lowest BCUT2D eigenvalue weighted by Crippen LogP contribution is -2.49. The van der Waals surface area contributed by atoms with Gasteiger partial charge in [0.05, 0.1) is 11.8 Å². The highest BCUT2D eigenvalue weighted by Crippen LogP contribution is 2.28. The van der Waals surface area contributed by atoms with Gasteiger partial charge in [0.15, 0.2) is 0 Å². The normalized spacial score (nSPS) is 30.4. The second-order valence-electron chi connectivity index (χ2n) is 5.63. The van der Waals surface area contributed by atoms with Crippen LogP contribution >= 0.6 is 0 Å². The minimum atomic E-state index is -0.852. The van der Waals surface area contributed by atoms with E-state index < -0.39 is 17.9 Å². The molecule has 0 aliphatic carbocycles. The van der Waals surface area contributed by atoms with Gasteiger partial charge >= 0.3 is 12.0 Å². The van der Waals surface area contributed by atoms with Crippen LogP contribution in [0.5, 0.6) is 0 Å². The van der Waals surface area contributed by atoms with Gasteiger partial charge in [-0.25, -0.2) is 4.79 Å². The first-order chi connectivity index (χ1) is 9.41. The number of nitrogens with two attached hydrogens (primary N) is 1. The fourth-order valence-electron chi connectivity index (χ4n) is 3.19. The van der Waals surface area contributed by atoms with E-state index in [4.69, 9.17) is 10.8 Å². The van der Waals surface area contributed by atoms with Gasteiger partial charge in [0.1, 0.15) is 0 Å². The van der Waals surface area contributed by atoms with Crippen LogP contribution in [0.2, 0.25) is 0 Å². The standard InChI is InChI=1S/C13H21N3O4/c1-8-10(12(18)19)4-6-16(8)11(17)9-3-2-5-15(7-9)13(14)20/h8-10H,2-7H2,1H3,(H2,14,20)(H,18,19). The Morgan fingerprint density at radius 1 is 1.20 bits per heavy atom. The van der Waals surface area contributed by atoms with E-state index in [1.807, 2.05) is 0 Å². The minimum Gasteiger partial charge on any atom is -0.481 e. The van der Waals surface area contributed by atoms with E-state index in [2.05, 4.69) is 0 Å². The Labute approximate surface area is 117 Å². The molecule has 3 amide bonds. The minimum absolute atomic E-state index is 0.0489. The van der Waals surface area contributed by atoms with Gasteiger partial charge in [0.2, 0.25) is 5.91 Å². The summed E-state index contributed by atoms with van der Waals surface area (Å²) < 4.78 is 0. The lowest BCUT2D eigenvalue weighted by Gasteiger charge is -2.34. The zero-order chi connectivity index (χ0) is 14.9. The Balaban J connectivity index is 2.01. The molecule has 3 unspecified atom stereocenters. The molecular weight excluding hydrogens is 262 g/mol. The van der Waals surface area contributed by atoms with Gasteiger partial charge in [-0.1, -0.05) is 0 Å². The molecule has 0 aromatic rings. The first-order valence-electron chi connectivity index (χ1n) is 6.99. The maximum Gasteiger partial charge on any atom is 0.314 e. The summed E-state index contributed by atoms with van der Waals surface area (Å²) in [4.78, 5) is 37.9. The van der Waals surface area contributed by atoms with Gasteiger partial charge in [0, 0.05) is 25.7 Å². The summed E-state index contributed by atoms with van der Waals surface area (Å²) in [5, 5.41) is 9.10. The number of hydrogen-bond acceptors (Lipinski definition) is 3. The third-order valence-electron chi connectivity index (χ3n) is 4.44. The number of hydrogen-bond donors (Lipinski definition) is 2. The van der Waals surface area contributed by atoms with Gasteiger partial charge in [-0.05, 0) is 26.2 Å². The smallest absolute Gasteiger partial charge is 0.314 e. The Morgan fingerprint density at radius 3 is 2.45 bits per heavy atom. The van der Waals surface area contributed by atoms with E-state index in [-0.39, 0.29) is 17.9 Å². The number of carboxylic acid groups (broad SMARTS) is 1. The number of primary amides is 1. The molecule has 0 bridgehead atoms. The first kappa shape index (κ1) is 14.6. The van der Waals surface area contributed by atoms with Gasteiger partial charge < -0.3 is 20.6 Å². The van der Waals surface area contributed by atoms with Crippen molar-refractivity contribution in [2.75, 3.05) is 19.6 Å². The number of carbonyl (C=O) groups is 3. The number of rotatable bonds is 2. The average Bonchev–Trinajstić information content (AvgIpc) is 2.80. The summed E-state index contributed by atoms with van der Waals surface area (Å²) in [6, 6.07) is -0.788. The number of aliphatic carboxylic acids is 1. The number of piperidine rings is 1. The molecule has 2 saturated heterocycles. The maximum atomic E-state index is 12.5. The third kappa shape index (κ3) is 2.71. The van der Waals surface area contributed by atoms with Gasteiger partial charge in [-0.15, -0.1) is 0 Å². The van der Waals surface area contributed by atoms with Gasteiger partial charge in [-0.3, -0.25) is 9.59 Å². The van der Waals surface area contributed by atoms with Crippen LogP contribution in [-0.2, 0) is 9.59 Å². The molecule has 2 aliphatic rings. The summed E-state index contributed by atoms with van der Waals surface area (Å²) in [5.41, 5.74) is 5.26. The van der Waals surface area contributed by atoms with Crippen molar-refractivity contribution in [1.82, 2.24) is 9.80 Å². The van der Waals surface area contributed by atoms with Crippen LogP contribution in [0, 0.1) is 11.8 Å². The predicted molar refractivity (Wildman–Crippen MR) is 70.8 cm³/mol. The lowest BCUT2D eigenvalue weighted by atomic mass is 9.96. The molecule has 20 heavy (non-hydrogen) atoms. The molecular formula is C13H21N3O4. The first-order valence-corrected chi connectivity index (χ1v) is 6.99. The zero-order valence-corrected chi connectivity index (χ0v) is 11.6. The SMILES string of the molecule is CC1C(C(=O)O)CCN1C(=O)C1CCCN(C(N)=O)C1. The Hall–Kier alpha value is -1.79. The average molecular weight is 283 g/mol. The van der Waals surface area contributed by atoms with Crippen LogP contribution in [0.4, 0.5) is 4.79 Å². The van der Waals surface area contributed by atoms with Gasteiger partial charge in [0.25, 0.3) is 0 Å². The summed E-state index contributed by atoms with van der Waals surface area (Å²) >= 11 is 0. The van der Waals surface area contributed by atoms with Crippen molar-refractivity contribution in [2.45, 2.75) is 32.2 Å². The molecule has 0 radical (unpaired) electrons. The highest BCUT2D eigenvalue weighted by atomic mass is 16.4. The van der Waals surface area contributed by atoms with Crippen LogP contribution in [-0.4, -0.2) is 58.5 Å². The van der Waals surface area contributed by atoms with E-state index in [0.717, 1.165) is 12.8 Å². The van der Waals surface area contributed by atoms with E-state index in [0.29, 0.717) is 26.1 Å². The summed E-state index contributed by atoms with van der Waals surface area (Å²) in [7, 11) is 0. The Bertz CT molecular complexity index is 426. The molecule has 0 spiro atoms. The fourth-order valence-corrected chi connectivity index (χ4v) is 3.19. The number of carbonyl (C=O) groups excluding carboxylic acids is 2. The second kappa shape index (κ2) is 5.68. The number of amides is 3. The summed E-state index contributed by atoms with van der Waals surface area (Å²) in [6.07, 6.45) is 1.97. The van der Waals surface area contributed by atoms with Crippen molar-refractivity contribution in [3.8, 4) is 0 Å².